The average Bonchev–Trinajstić information content (AvgIpc) is 2.82. The van der Waals surface area contributed by atoms with Gasteiger partial charge in [0.15, 0.2) is 0 Å². The summed E-state index contributed by atoms with van der Waals surface area (Å²) in [7, 11) is 3.38. The molecule has 4 nitrogen and oxygen atoms in total. The normalized spacial score (nSPS) is 16.7. The van der Waals surface area contributed by atoms with Crippen LogP contribution in [0.4, 0.5) is 0 Å². The maximum Gasteiger partial charge on any atom is 0.119 e. The third-order valence-corrected chi connectivity index (χ3v) is 5.73. The molecule has 0 spiro atoms. The Labute approximate surface area is 172 Å². The molecule has 29 heavy (non-hydrogen) atoms. The first kappa shape index (κ1) is 19.5. The summed E-state index contributed by atoms with van der Waals surface area (Å²) in [6.07, 6.45) is 2.31. The van der Waals surface area contributed by atoms with Gasteiger partial charge in [0.05, 0.1) is 14.2 Å². The number of hydroxylamine groups is 2. The first-order valence-electron chi connectivity index (χ1n) is 10.0. The molecule has 3 aromatic carbocycles. The van der Waals surface area contributed by atoms with Crippen molar-refractivity contribution >= 4 is 0 Å². The van der Waals surface area contributed by atoms with Crippen LogP contribution >= 0.6 is 0 Å². The standard InChI is InChI=1S/C25H27NO3/c1-28-22-10-8-19-12-13-26(27)21(14-18-6-4-3-5-7-18)15-20-9-11-23(29-2)17-25(20)24(19)16-22/h3-11,16-17,21,27H,12-15H2,1-2H3. The Morgan fingerprint density at radius 2 is 1.48 bits per heavy atom. The Balaban J connectivity index is 1.79. The molecule has 1 heterocycles. The van der Waals surface area contributed by atoms with E-state index in [-0.39, 0.29) is 6.04 Å². The predicted molar refractivity (Wildman–Crippen MR) is 115 cm³/mol. The Kier molecular flexibility index (Phi) is 5.84. The highest BCUT2D eigenvalue weighted by Crippen LogP contribution is 2.35. The summed E-state index contributed by atoms with van der Waals surface area (Å²) in [6.45, 7) is 0.585. The van der Waals surface area contributed by atoms with E-state index in [1.54, 1.807) is 14.2 Å². The van der Waals surface area contributed by atoms with Gasteiger partial charge in [-0.15, -0.1) is 0 Å². The number of benzene rings is 3. The van der Waals surface area contributed by atoms with Crippen LogP contribution in [0.2, 0.25) is 0 Å². The number of hydrogen-bond donors (Lipinski definition) is 1. The molecule has 0 aliphatic carbocycles. The van der Waals surface area contributed by atoms with Gasteiger partial charge in [0.2, 0.25) is 0 Å². The minimum absolute atomic E-state index is 0.000697. The molecule has 4 heteroatoms. The van der Waals surface area contributed by atoms with E-state index in [1.165, 1.54) is 21.8 Å². The van der Waals surface area contributed by atoms with Gasteiger partial charge < -0.3 is 14.7 Å². The third kappa shape index (κ3) is 4.29. The zero-order chi connectivity index (χ0) is 20.2. The van der Waals surface area contributed by atoms with Crippen molar-refractivity contribution in [3.8, 4) is 22.6 Å². The second kappa shape index (κ2) is 8.68. The van der Waals surface area contributed by atoms with Crippen LogP contribution in [-0.4, -0.2) is 37.1 Å². The highest BCUT2D eigenvalue weighted by atomic mass is 16.5. The van der Waals surface area contributed by atoms with Crippen molar-refractivity contribution in [1.82, 2.24) is 5.06 Å². The minimum atomic E-state index is 0.000697. The van der Waals surface area contributed by atoms with Crippen LogP contribution in [0.5, 0.6) is 11.5 Å². The molecule has 0 bridgehead atoms. The van der Waals surface area contributed by atoms with Gasteiger partial charge in [-0.1, -0.05) is 42.5 Å². The van der Waals surface area contributed by atoms with Crippen molar-refractivity contribution in [3.63, 3.8) is 0 Å². The van der Waals surface area contributed by atoms with Crippen LogP contribution in [-0.2, 0) is 19.3 Å². The molecule has 0 radical (unpaired) electrons. The van der Waals surface area contributed by atoms with E-state index in [1.807, 2.05) is 30.3 Å². The summed E-state index contributed by atoms with van der Waals surface area (Å²) in [5, 5.41) is 12.4. The van der Waals surface area contributed by atoms with Crippen LogP contribution in [0, 0.1) is 0 Å². The minimum Gasteiger partial charge on any atom is -0.497 e. The molecule has 1 aliphatic rings. The molecular formula is C25H27NO3. The number of rotatable bonds is 4. The lowest BCUT2D eigenvalue weighted by Crippen LogP contribution is -2.37. The van der Waals surface area contributed by atoms with Crippen LogP contribution in [0.25, 0.3) is 11.1 Å². The lowest BCUT2D eigenvalue weighted by molar-refractivity contribution is -0.125. The molecule has 150 valence electrons. The van der Waals surface area contributed by atoms with Crippen molar-refractivity contribution in [3.05, 3.63) is 83.4 Å². The first-order valence-corrected chi connectivity index (χ1v) is 10.0. The fourth-order valence-electron chi connectivity index (χ4n) is 4.10. The number of ether oxygens (including phenoxy) is 2. The van der Waals surface area contributed by atoms with E-state index >= 15 is 0 Å². The van der Waals surface area contributed by atoms with Crippen LogP contribution in [0.1, 0.15) is 16.7 Å². The van der Waals surface area contributed by atoms with Crippen LogP contribution in [0.3, 0.4) is 0 Å². The van der Waals surface area contributed by atoms with Gasteiger partial charge in [0.1, 0.15) is 11.5 Å². The van der Waals surface area contributed by atoms with E-state index in [0.717, 1.165) is 41.9 Å². The van der Waals surface area contributed by atoms with Gasteiger partial charge >= 0.3 is 0 Å². The van der Waals surface area contributed by atoms with Crippen molar-refractivity contribution in [2.75, 3.05) is 20.8 Å². The lowest BCUT2D eigenvalue weighted by atomic mass is 9.90. The molecule has 4 rings (SSSR count). The largest absolute Gasteiger partial charge is 0.497 e. The smallest absolute Gasteiger partial charge is 0.119 e. The summed E-state index contributed by atoms with van der Waals surface area (Å²) < 4.78 is 11.0. The molecule has 1 aliphatic heterocycles. The molecular weight excluding hydrogens is 362 g/mol. The van der Waals surface area contributed by atoms with Gasteiger partial charge in [0.25, 0.3) is 0 Å². The quantitative estimate of drug-likeness (QED) is 0.698. The third-order valence-electron chi connectivity index (χ3n) is 5.73. The molecule has 1 unspecified atom stereocenters. The highest BCUT2D eigenvalue weighted by Gasteiger charge is 2.23. The highest BCUT2D eigenvalue weighted by molar-refractivity contribution is 5.74. The number of hydrogen-bond acceptors (Lipinski definition) is 4. The molecule has 0 saturated heterocycles. The van der Waals surface area contributed by atoms with Gasteiger partial charge in [0, 0.05) is 12.6 Å². The molecule has 0 saturated carbocycles. The number of nitrogens with zero attached hydrogens (tertiary/aromatic N) is 1. The van der Waals surface area contributed by atoms with Crippen molar-refractivity contribution in [2.24, 2.45) is 0 Å². The zero-order valence-corrected chi connectivity index (χ0v) is 17.0. The number of methoxy groups -OCH3 is 2. The van der Waals surface area contributed by atoms with E-state index in [4.69, 9.17) is 9.47 Å². The Bertz CT molecular complexity index is 971. The maximum atomic E-state index is 10.9. The Morgan fingerprint density at radius 3 is 2.14 bits per heavy atom. The summed E-state index contributed by atoms with van der Waals surface area (Å²) in [6, 6.07) is 22.8. The SMILES string of the molecule is COc1ccc2c(c1)-c1cc(OC)ccc1CC(Cc1ccccc1)N(O)CC2. The predicted octanol–water partition coefficient (Wildman–Crippen LogP) is 4.77. The second-order valence-corrected chi connectivity index (χ2v) is 7.51. The molecule has 3 aromatic rings. The van der Waals surface area contributed by atoms with Gasteiger partial charge in [-0.05, 0) is 71.3 Å². The molecule has 0 fully saturated rings. The van der Waals surface area contributed by atoms with Gasteiger partial charge in [-0.2, -0.15) is 5.06 Å². The molecule has 0 aromatic heterocycles. The fourth-order valence-corrected chi connectivity index (χ4v) is 4.10. The van der Waals surface area contributed by atoms with E-state index in [9.17, 15) is 5.21 Å². The lowest BCUT2D eigenvalue weighted by Gasteiger charge is -2.26. The topological polar surface area (TPSA) is 41.9 Å². The first-order chi connectivity index (χ1) is 14.2. The molecule has 1 atom stereocenters. The van der Waals surface area contributed by atoms with Crippen molar-refractivity contribution < 1.29 is 14.7 Å². The maximum absolute atomic E-state index is 10.9. The fraction of sp³-hybridized carbons (Fsp3) is 0.280. The van der Waals surface area contributed by atoms with Crippen LogP contribution < -0.4 is 9.47 Å². The van der Waals surface area contributed by atoms with E-state index in [0.29, 0.717) is 6.54 Å². The van der Waals surface area contributed by atoms with Crippen molar-refractivity contribution in [1.29, 1.82) is 0 Å². The number of fused-ring (bicyclic) bond motifs is 3. The van der Waals surface area contributed by atoms with Crippen molar-refractivity contribution in [2.45, 2.75) is 25.3 Å². The summed E-state index contributed by atoms with van der Waals surface area (Å²) in [4.78, 5) is 0. The summed E-state index contributed by atoms with van der Waals surface area (Å²) in [5.74, 6) is 1.66. The summed E-state index contributed by atoms with van der Waals surface area (Å²) >= 11 is 0. The van der Waals surface area contributed by atoms with Gasteiger partial charge in [-0.3, -0.25) is 0 Å². The van der Waals surface area contributed by atoms with Gasteiger partial charge in [-0.25, -0.2) is 0 Å². The van der Waals surface area contributed by atoms with Crippen LogP contribution in [0.15, 0.2) is 66.7 Å². The second-order valence-electron chi connectivity index (χ2n) is 7.51. The Morgan fingerprint density at radius 1 is 0.862 bits per heavy atom. The Hall–Kier alpha value is -2.82. The van der Waals surface area contributed by atoms with E-state index < -0.39 is 0 Å². The average molecular weight is 389 g/mol. The molecule has 1 N–H and O–H groups in total. The summed E-state index contributed by atoms with van der Waals surface area (Å²) in [5.41, 5.74) is 5.91. The van der Waals surface area contributed by atoms with E-state index in [2.05, 4.69) is 36.4 Å². The zero-order valence-electron chi connectivity index (χ0n) is 17.0. The monoisotopic (exact) mass is 389 g/mol. The molecule has 0 amide bonds.